The Morgan fingerprint density at radius 1 is 1.25 bits per heavy atom. The fourth-order valence-corrected chi connectivity index (χ4v) is 3.07. The highest BCUT2D eigenvalue weighted by atomic mass is 35.5. The van der Waals surface area contributed by atoms with Crippen LogP contribution in [0.25, 0.3) is 5.00 Å². The minimum absolute atomic E-state index is 0.554. The predicted octanol–water partition coefficient (Wildman–Crippen LogP) is 3.93. The van der Waals surface area contributed by atoms with Crippen molar-refractivity contribution in [3.63, 3.8) is 0 Å². The van der Waals surface area contributed by atoms with E-state index < -0.39 is 0 Å². The van der Waals surface area contributed by atoms with Crippen LogP contribution in [0.2, 0.25) is 5.02 Å². The molecule has 0 amide bonds. The first kappa shape index (κ1) is 11.4. The summed E-state index contributed by atoms with van der Waals surface area (Å²) >= 11 is 7.82. The van der Waals surface area contributed by atoms with Gasteiger partial charge in [-0.1, -0.05) is 11.6 Å². The van der Waals surface area contributed by atoms with Gasteiger partial charge in [0.2, 0.25) is 0 Å². The summed E-state index contributed by atoms with van der Waals surface area (Å²) in [6, 6.07) is 4.11. The molecule has 0 aromatic carbocycles. The number of aromatic nitrogens is 1. The molecule has 2 heterocycles. The molecule has 0 unspecified atom stereocenters. The van der Waals surface area contributed by atoms with Gasteiger partial charge >= 0.3 is 0 Å². The Balaban J connectivity index is 2.70. The van der Waals surface area contributed by atoms with Crippen molar-refractivity contribution < 1.29 is 4.79 Å². The van der Waals surface area contributed by atoms with Gasteiger partial charge in [-0.05, 0) is 32.9 Å². The lowest BCUT2D eigenvalue weighted by Gasteiger charge is -2.05. The summed E-state index contributed by atoms with van der Waals surface area (Å²) in [5.41, 5.74) is 2.41. The third-order valence-corrected chi connectivity index (χ3v) is 4.14. The average Bonchev–Trinajstić information content (AvgIpc) is 2.73. The van der Waals surface area contributed by atoms with Crippen molar-refractivity contribution >= 4 is 29.2 Å². The second-order valence-electron chi connectivity index (χ2n) is 3.74. The zero-order chi connectivity index (χ0) is 11.9. The molecule has 0 saturated heterocycles. The van der Waals surface area contributed by atoms with Crippen LogP contribution in [0.5, 0.6) is 0 Å². The van der Waals surface area contributed by atoms with Crippen LogP contribution in [0, 0.1) is 20.8 Å². The lowest BCUT2D eigenvalue weighted by molar-refractivity contribution is 0.112. The van der Waals surface area contributed by atoms with E-state index in [0.717, 1.165) is 22.7 Å². The van der Waals surface area contributed by atoms with Gasteiger partial charge in [0.25, 0.3) is 0 Å². The Kier molecular flexibility index (Phi) is 2.91. The molecule has 0 radical (unpaired) electrons. The monoisotopic (exact) mass is 253 g/mol. The zero-order valence-corrected chi connectivity index (χ0v) is 10.9. The van der Waals surface area contributed by atoms with Gasteiger partial charge in [0, 0.05) is 16.3 Å². The van der Waals surface area contributed by atoms with E-state index >= 15 is 0 Å². The third kappa shape index (κ3) is 1.60. The summed E-state index contributed by atoms with van der Waals surface area (Å²) in [6.45, 7) is 5.90. The molecule has 2 aromatic rings. The van der Waals surface area contributed by atoms with Gasteiger partial charge in [0.15, 0.2) is 6.29 Å². The van der Waals surface area contributed by atoms with Crippen LogP contribution in [-0.2, 0) is 0 Å². The molecule has 0 atom stereocenters. The molecular formula is C12H12ClNOS. The number of carbonyl (C=O) groups excluding carboxylic acids is 1. The Labute approximate surface area is 103 Å². The van der Waals surface area contributed by atoms with Crippen LogP contribution in [0.4, 0.5) is 0 Å². The molecule has 16 heavy (non-hydrogen) atoms. The lowest BCUT2D eigenvalue weighted by Crippen LogP contribution is -1.96. The van der Waals surface area contributed by atoms with Crippen molar-refractivity contribution in [2.24, 2.45) is 0 Å². The summed E-state index contributed by atoms with van der Waals surface area (Å²) in [6.07, 6.45) is 0.821. The fourth-order valence-electron chi connectivity index (χ4n) is 1.83. The van der Waals surface area contributed by atoms with Crippen LogP contribution in [0.3, 0.4) is 0 Å². The standard InChI is InChI=1S/C12H12ClNOS/c1-7-4-5-11(16-7)14-8(2)10(6-15)12(13)9(14)3/h4-6H,1-3H3. The summed E-state index contributed by atoms with van der Waals surface area (Å²) in [7, 11) is 0. The Morgan fingerprint density at radius 2 is 1.94 bits per heavy atom. The van der Waals surface area contributed by atoms with Crippen molar-refractivity contribution in [3.05, 3.63) is 39.0 Å². The molecule has 0 bridgehead atoms. The summed E-state index contributed by atoms with van der Waals surface area (Å²) in [4.78, 5) is 12.2. The van der Waals surface area contributed by atoms with Gasteiger partial charge in [0.1, 0.15) is 0 Å². The Bertz CT molecular complexity index is 554. The van der Waals surface area contributed by atoms with Crippen LogP contribution in [-0.4, -0.2) is 10.9 Å². The van der Waals surface area contributed by atoms with Crippen molar-refractivity contribution in [1.29, 1.82) is 0 Å². The smallest absolute Gasteiger partial charge is 0.153 e. The van der Waals surface area contributed by atoms with E-state index in [-0.39, 0.29) is 0 Å². The molecule has 0 aliphatic rings. The van der Waals surface area contributed by atoms with Crippen LogP contribution >= 0.6 is 22.9 Å². The molecule has 2 aromatic heterocycles. The molecule has 0 aliphatic heterocycles. The van der Waals surface area contributed by atoms with Gasteiger partial charge in [-0.3, -0.25) is 4.79 Å². The minimum atomic E-state index is 0.554. The third-order valence-electron chi connectivity index (χ3n) is 2.68. The van der Waals surface area contributed by atoms with Gasteiger partial charge in [-0.25, -0.2) is 0 Å². The van der Waals surface area contributed by atoms with E-state index in [2.05, 4.69) is 13.0 Å². The normalized spacial score (nSPS) is 10.8. The van der Waals surface area contributed by atoms with E-state index in [0.29, 0.717) is 10.6 Å². The van der Waals surface area contributed by atoms with E-state index in [9.17, 15) is 4.79 Å². The number of thiophene rings is 1. The van der Waals surface area contributed by atoms with Crippen molar-refractivity contribution in [2.45, 2.75) is 20.8 Å². The van der Waals surface area contributed by atoms with Gasteiger partial charge in [-0.2, -0.15) is 0 Å². The molecule has 0 spiro atoms. The SMILES string of the molecule is Cc1ccc(-n2c(C)c(Cl)c(C=O)c2C)s1. The number of halogens is 1. The van der Waals surface area contributed by atoms with Crippen LogP contribution < -0.4 is 0 Å². The minimum Gasteiger partial charge on any atom is -0.308 e. The number of carbonyl (C=O) groups is 1. The molecule has 0 N–H and O–H groups in total. The number of hydrogen-bond acceptors (Lipinski definition) is 2. The molecule has 2 rings (SSSR count). The first-order valence-electron chi connectivity index (χ1n) is 4.95. The maximum absolute atomic E-state index is 11.0. The first-order chi connectivity index (χ1) is 7.56. The van der Waals surface area contributed by atoms with Gasteiger partial charge < -0.3 is 4.57 Å². The van der Waals surface area contributed by atoms with Gasteiger partial charge in [-0.15, -0.1) is 11.3 Å². The highest BCUT2D eigenvalue weighted by Crippen LogP contribution is 2.31. The number of aldehydes is 1. The number of rotatable bonds is 2. The Morgan fingerprint density at radius 3 is 2.38 bits per heavy atom. The van der Waals surface area contributed by atoms with E-state index in [4.69, 9.17) is 11.6 Å². The molecule has 4 heteroatoms. The highest BCUT2D eigenvalue weighted by molar-refractivity contribution is 7.14. The number of aryl methyl sites for hydroxylation is 1. The zero-order valence-electron chi connectivity index (χ0n) is 9.37. The molecule has 0 saturated carbocycles. The second kappa shape index (κ2) is 4.07. The average molecular weight is 254 g/mol. The first-order valence-corrected chi connectivity index (χ1v) is 6.15. The fraction of sp³-hybridized carbons (Fsp3) is 0.250. The van der Waals surface area contributed by atoms with E-state index in [1.54, 1.807) is 11.3 Å². The summed E-state index contributed by atoms with van der Waals surface area (Å²) in [5.74, 6) is 0. The lowest BCUT2D eigenvalue weighted by atomic mass is 10.3. The second-order valence-corrected chi connectivity index (χ2v) is 5.38. The molecular weight excluding hydrogens is 242 g/mol. The van der Waals surface area contributed by atoms with E-state index in [1.807, 2.05) is 24.5 Å². The maximum Gasteiger partial charge on any atom is 0.153 e. The summed E-state index contributed by atoms with van der Waals surface area (Å²) < 4.78 is 2.03. The summed E-state index contributed by atoms with van der Waals surface area (Å²) in [5, 5.41) is 1.65. The molecule has 2 nitrogen and oxygen atoms in total. The molecule has 0 fully saturated rings. The predicted molar refractivity (Wildman–Crippen MR) is 68.3 cm³/mol. The molecule has 0 aliphatic carbocycles. The topological polar surface area (TPSA) is 22.0 Å². The quantitative estimate of drug-likeness (QED) is 0.744. The number of hydrogen-bond donors (Lipinski definition) is 0. The van der Waals surface area contributed by atoms with Crippen LogP contribution in [0.15, 0.2) is 12.1 Å². The van der Waals surface area contributed by atoms with Crippen molar-refractivity contribution in [3.8, 4) is 5.00 Å². The van der Waals surface area contributed by atoms with E-state index in [1.165, 1.54) is 4.88 Å². The molecule has 84 valence electrons. The van der Waals surface area contributed by atoms with Gasteiger partial charge in [0.05, 0.1) is 15.6 Å². The largest absolute Gasteiger partial charge is 0.308 e. The van der Waals surface area contributed by atoms with Crippen molar-refractivity contribution in [2.75, 3.05) is 0 Å². The van der Waals surface area contributed by atoms with Crippen molar-refractivity contribution in [1.82, 2.24) is 4.57 Å². The Hall–Kier alpha value is -1.06. The number of nitrogens with zero attached hydrogens (tertiary/aromatic N) is 1. The highest BCUT2D eigenvalue weighted by Gasteiger charge is 2.17. The maximum atomic E-state index is 11.0. The van der Waals surface area contributed by atoms with Crippen LogP contribution in [0.1, 0.15) is 26.6 Å².